The Morgan fingerprint density at radius 2 is 2.00 bits per heavy atom. The molecule has 1 aromatic carbocycles. The predicted molar refractivity (Wildman–Crippen MR) is 69.9 cm³/mol. The smallest absolute Gasteiger partial charge is 0.338 e. The van der Waals surface area contributed by atoms with Gasteiger partial charge in [-0.05, 0) is 30.5 Å². The summed E-state index contributed by atoms with van der Waals surface area (Å²) >= 11 is 0. The third kappa shape index (κ3) is 3.48. The lowest BCUT2D eigenvalue weighted by Crippen LogP contribution is -2.14. The highest BCUT2D eigenvalue weighted by atomic mass is 16.5. The van der Waals surface area contributed by atoms with Crippen molar-refractivity contribution in [1.29, 1.82) is 0 Å². The highest BCUT2D eigenvalue weighted by Gasteiger charge is 2.13. The van der Waals surface area contributed by atoms with E-state index in [1.807, 2.05) is 6.92 Å². The predicted octanol–water partition coefficient (Wildman–Crippen LogP) is 3.17. The Morgan fingerprint density at radius 3 is 2.59 bits per heavy atom. The Kier molecular flexibility index (Phi) is 5.01. The van der Waals surface area contributed by atoms with Gasteiger partial charge in [-0.2, -0.15) is 0 Å². The van der Waals surface area contributed by atoms with E-state index in [2.05, 4.69) is 13.8 Å². The summed E-state index contributed by atoms with van der Waals surface area (Å²) in [6.07, 6.45) is 2.05. The molecule has 0 aliphatic carbocycles. The Bertz CT molecular complexity index is 384. The van der Waals surface area contributed by atoms with Crippen molar-refractivity contribution in [2.75, 3.05) is 12.3 Å². The second-order valence-electron chi connectivity index (χ2n) is 4.30. The van der Waals surface area contributed by atoms with E-state index in [1.54, 1.807) is 18.2 Å². The van der Waals surface area contributed by atoms with Crippen LogP contribution < -0.4 is 5.73 Å². The average molecular weight is 235 g/mol. The molecular formula is C14H21NO2. The van der Waals surface area contributed by atoms with E-state index < -0.39 is 0 Å². The van der Waals surface area contributed by atoms with E-state index in [-0.39, 0.29) is 5.97 Å². The lowest BCUT2D eigenvalue weighted by Gasteiger charge is -2.13. The summed E-state index contributed by atoms with van der Waals surface area (Å²) in [5, 5.41) is 0. The van der Waals surface area contributed by atoms with Crippen molar-refractivity contribution < 1.29 is 9.53 Å². The van der Waals surface area contributed by atoms with Crippen LogP contribution in [0.5, 0.6) is 0 Å². The summed E-state index contributed by atoms with van der Waals surface area (Å²) < 4.78 is 5.31. The maximum absolute atomic E-state index is 11.9. The molecule has 17 heavy (non-hydrogen) atoms. The summed E-state index contributed by atoms with van der Waals surface area (Å²) in [5.74, 6) is 0.169. The number of carbonyl (C=O) groups is 1. The molecule has 0 atom stereocenters. The van der Waals surface area contributed by atoms with Crippen LogP contribution in [0.25, 0.3) is 0 Å². The van der Waals surface area contributed by atoms with E-state index >= 15 is 0 Å². The van der Waals surface area contributed by atoms with Gasteiger partial charge in [0.25, 0.3) is 0 Å². The van der Waals surface area contributed by atoms with Crippen LogP contribution in [0.4, 0.5) is 5.69 Å². The normalized spacial score (nSPS) is 10.6. The van der Waals surface area contributed by atoms with E-state index in [1.165, 1.54) is 0 Å². The number of hydrogen-bond donors (Lipinski definition) is 1. The zero-order valence-electron chi connectivity index (χ0n) is 10.8. The first-order chi connectivity index (χ1) is 8.10. The molecule has 0 bridgehead atoms. The zero-order chi connectivity index (χ0) is 12.8. The van der Waals surface area contributed by atoms with Gasteiger partial charge in [-0.15, -0.1) is 0 Å². The average Bonchev–Trinajstić information content (AvgIpc) is 2.33. The second-order valence-corrected chi connectivity index (χ2v) is 4.30. The molecule has 3 heteroatoms. The molecular weight excluding hydrogens is 214 g/mol. The molecule has 94 valence electrons. The number of anilines is 1. The summed E-state index contributed by atoms with van der Waals surface area (Å²) in [6, 6.07) is 5.31. The molecule has 0 saturated heterocycles. The van der Waals surface area contributed by atoms with Crippen LogP contribution in [-0.4, -0.2) is 12.6 Å². The fourth-order valence-corrected chi connectivity index (χ4v) is 1.67. The van der Waals surface area contributed by atoms with Crippen molar-refractivity contribution >= 4 is 11.7 Å². The van der Waals surface area contributed by atoms with Gasteiger partial charge in [0.15, 0.2) is 0 Å². The van der Waals surface area contributed by atoms with Crippen LogP contribution in [0.1, 0.15) is 42.6 Å². The molecule has 0 aliphatic rings. The minimum atomic E-state index is -0.276. The molecule has 1 rings (SSSR count). The highest BCUT2D eigenvalue weighted by Crippen LogP contribution is 2.17. The van der Waals surface area contributed by atoms with Crippen molar-refractivity contribution in [3.63, 3.8) is 0 Å². The summed E-state index contributed by atoms with van der Waals surface area (Å²) in [6.45, 7) is 6.53. The van der Waals surface area contributed by atoms with E-state index in [9.17, 15) is 4.79 Å². The minimum absolute atomic E-state index is 0.276. The second kappa shape index (κ2) is 6.28. The van der Waals surface area contributed by atoms with Gasteiger partial charge in [-0.25, -0.2) is 4.79 Å². The first kappa shape index (κ1) is 13.6. The van der Waals surface area contributed by atoms with Crippen LogP contribution in [0.2, 0.25) is 0 Å². The summed E-state index contributed by atoms with van der Waals surface area (Å²) in [4.78, 5) is 11.9. The molecule has 0 radical (unpaired) electrons. The zero-order valence-corrected chi connectivity index (χ0v) is 10.8. The number of carbonyl (C=O) groups excluding carboxylic acids is 1. The Labute approximate surface area is 103 Å². The van der Waals surface area contributed by atoms with Crippen LogP contribution in [0.3, 0.4) is 0 Å². The van der Waals surface area contributed by atoms with Crippen LogP contribution in [0, 0.1) is 12.8 Å². The van der Waals surface area contributed by atoms with Gasteiger partial charge in [0.05, 0.1) is 12.2 Å². The quantitative estimate of drug-likeness (QED) is 0.630. The largest absolute Gasteiger partial charge is 0.462 e. The molecule has 0 unspecified atom stereocenters. The molecule has 1 aromatic rings. The topological polar surface area (TPSA) is 52.3 Å². The van der Waals surface area contributed by atoms with Crippen LogP contribution in [0.15, 0.2) is 18.2 Å². The molecule has 2 N–H and O–H groups in total. The van der Waals surface area contributed by atoms with E-state index in [0.717, 1.165) is 18.4 Å². The molecule has 0 heterocycles. The standard InChI is InChI=1S/C14H21NO2/c1-4-11(5-2)9-17-14(16)12-7-6-8-13(15)10(12)3/h6-8,11H,4-5,9,15H2,1-3H3. The highest BCUT2D eigenvalue weighted by molar-refractivity contribution is 5.92. The number of rotatable bonds is 5. The molecule has 0 amide bonds. The molecule has 0 spiro atoms. The molecule has 0 aromatic heterocycles. The van der Waals surface area contributed by atoms with Gasteiger partial charge in [0.1, 0.15) is 0 Å². The van der Waals surface area contributed by atoms with Gasteiger partial charge < -0.3 is 10.5 Å². The lowest BCUT2D eigenvalue weighted by molar-refractivity contribution is 0.0432. The number of ether oxygens (including phenoxy) is 1. The minimum Gasteiger partial charge on any atom is -0.462 e. The maximum Gasteiger partial charge on any atom is 0.338 e. The third-order valence-electron chi connectivity index (χ3n) is 3.20. The Morgan fingerprint density at radius 1 is 1.35 bits per heavy atom. The van der Waals surface area contributed by atoms with Crippen molar-refractivity contribution in [3.05, 3.63) is 29.3 Å². The fourth-order valence-electron chi connectivity index (χ4n) is 1.67. The third-order valence-corrected chi connectivity index (χ3v) is 3.20. The van der Waals surface area contributed by atoms with Gasteiger partial charge >= 0.3 is 5.97 Å². The lowest BCUT2D eigenvalue weighted by atomic mass is 10.0. The number of nitrogen functional groups attached to an aromatic ring is 1. The van der Waals surface area contributed by atoms with Crippen molar-refractivity contribution in [1.82, 2.24) is 0 Å². The van der Waals surface area contributed by atoms with Gasteiger partial charge in [0.2, 0.25) is 0 Å². The molecule has 0 fully saturated rings. The van der Waals surface area contributed by atoms with Crippen molar-refractivity contribution in [3.8, 4) is 0 Å². The first-order valence-corrected chi connectivity index (χ1v) is 6.12. The first-order valence-electron chi connectivity index (χ1n) is 6.12. The number of nitrogens with two attached hydrogens (primary N) is 1. The summed E-state index contributed by atoms with van der Waals surface area (Å²) in [7, 11) is 0. The summed E-state index contributed by atoms with van der Waals surface area (Å²) in [5.41, 5.74) is 7.75. The Balaban J connectivity index is 2.67. The van der Waals surface area contributed by atoms with Gasteiger partial charge in [-0.1, -0.05) is 32.8 Å². The molecule has 3 nitrogen and oxygen atoms in total. The van der Waals surface area contributed by atoms with Gasteiger partial charge in [-0.3, -0.25) is 0 Å². The number of esters is 1. The van der Waals surface area contributed by atoms with Crippen LogP contribution >= 0.6 is 0 Å². The number of benzene rings is 1. The monoisotopic (exact) mass is 235 g/mol. The van der Waals surface area contributed by atoms with Gasteiger partial charge in [0, 0.05) is 5.69 Å². The SMILES string of the molecule is CCC(CC)COC(=O)c1cccc(N)c1C. The molecule has 0 aliphatic heterocycles. The van der Waals surface area contributed by atoms with E-state index in [4.69, 9.17) is 10.5 Å². The fraction of sp³-hybridized carbons (Fsp3) is 0.500. The van der Waals surface area contributed by atoms with Crippen molar-refractivity contribution in [2.24, 2.45) is 5.92 Å². The molecule has 0 saturated carbocycles. The van der Waals surface area contributed by atoms with Crippen LogP contribution in [-0.2, 0) is 4.74 Å². The van der Waals surface area contributed by atoms with Crippen molar-refractivity contribution in [2.45, 2.75) is 33.6 Å². The number of hydrogen-bond acceptors (Lipinski definition) is 3. The maximum atomic E-state index is 11.9. The Hall–Kier alpha value is -1.51. The van der Waals surface area contributed by atoms with E-state index in [0.29, 0.717) is 23.8 Å².